The summed E-state index contributed by atoms with van der Waals surface area (Å²) in [6.45, 7) is 1.47. The average molecular weight is 180 g/mol. The molecule has 0 unspecified atom stereocenters. The number of hydrogen-bond acceptors (Lipinski definition) is 3. The lowest BCUT2D eigenvalue weighted by Crippen LogP contribution is -2.52. The number of aromatic amines is 1. The van der Waals surface area contributed by atoms with Crippen LogP contribution in [0.3, 0.4) is 0 Å². The van der Waals surface area contributed by atoms with Gasteiger partial charge in [-0.25, -0.2) is 0 Å². The zero-order valence-corrected chi connectivity index (χ0v) is 7.21. The first-order valence-corrected chi connectivity index (χ1v) is 4.35. The van der Waals surface area contributed by atoms with Gasteiger partial charge in [-0.3, -0.25) is 9.89 Å². The maximum Gasteiger partial charge on any atom is 0.237 e. The highest BCUT2D eigenvalue weighted by Crippen LogP contribution is 2.01. The molecule has 2 rings (SSSR count). The fraction of sp³-hybridized carbons (Fsp3) is 0.500. The van der Waals surface area contributed by atoms with Crippen molar-refractivity contribution >= 4 is 5.91 Å². The lowest BCUT2D eigenvalue weighted by atomic mass is 10.1. The summed E-state index contributed by atoms with van der Waals surface area (Å²) >= 11 is 0. The van der Waals surface area contributed by atoms with Crippen molar-refractivity contribution in [2.75, 3.05) is 6.54 Å². The van der Waals surface area contributed by atoms with Crippen molar-refractivity contribution in [3.8, 4) is 0 Å². The standard InChI is InChI=1S/C8H12N4O/c13-8(7-2-3-9-7)10-5-6-1-4-11-12-6/h1,4,7,9H,2-3,5H2,(H,10,13)(H,11,12)/t7-/m1/s1. The van der Waals surface area contributed by atoms with Crippen LogP contribution in [0.2, 0.25) is 0 Å². The van der Waals surface area contributed by atoms with Gasteiger partial charge in [-0.15, -0.1) is 0 Å². The number of rotatable bonds is 3. The summed E-state index contributed by atoms with van der Waals surface area (Å²) in [7, 11) is 0. The minimum atomic E-state index is 0.0166. The molecule has 0 aliphatic carbocycles. The minimum absolute atomic E-state index is 0.0166. The summed E-state index contributed by atoms with van der Waals surface area (Å²) in [6, 6.07) is 1.86. The van der Waals surface area contributed by atoms with Crippen LogP contribution in [0.1, 0.15) is 12.1 Å². The fourth-order valence-corrected chi connectivity index (χ4v) is 1.20. The van der Waals surface area contributed by atoms with Crippen LogP contribution in [0.4, 0.5) is 0 Å². The Morgan fingerprint density at radius 2 is 2.62 bits per heavy atom. The molecule has 1 aromatic rings. The van der Waals surface area contributed by atoms with Crippen LogP contribution in [0, 0.1) is 0 Å². The molecule has 5 nitrogen and oxygen atoms in total. The van der Waals surface area contributed by atoms with Crippen LogP contribution in [0.15, 0.2) is 12.3 Å². The average Bonchev–Trinajstić information content (AvgIpc) is 2.49. The summed E-state index contributed by atoms with van der Waals surface area (Å²) in [5.41, 5.74) is 0.924. The van der Waals surface area contributed by atoms with Gasteiger partial charge in [0.1, 0.15) is 0 Å². The minimum Gasteiger partial charge on any atom is -0.349 e. The van der Waals surface area contributed by atoms with Crippen molar-refractivity contribution in [2.45, 2.75) is 19.0 Å². The summed E-state index contributed by atoms with van der Waals surface area (Å²) in [5, 5.41) is 12.4. The van der Waals surface area contributed by atoms with Gasteiger partial charge in [-0.2, -0.15) is 5.10 Å². The van der Waals surface area contributed by atoms with Gasteiger partial charge < -0.3 is 10.6 Å². The largest absolute Gasteiger partial charge is 0.349 e. The van der Waals surface area contributed by atoms with E-state index in [1.807, 2.05) is 6.07 Å². The Morgan fingerprint density at radius 1 is 1.77 bits per heavy atom. The molecule has 0 aromatic carbocycles. The fourth-order valence-electron chi connectivity index (χ4n) is 1.20. The third-order valence-corrected chi connectivity index (χ3v) is 2.15. The summed E-state index contributed by atoms with van der Waals surface area (Å²) in [6.07, 6.45) is 2.61. The molecule has 1 aromatic heterocycles. The van der Waals surface area contributed by atoms with E-state index < -0.39 is 0 Å². The van der Waals surface area contributed by atoms with E-state index in [1.54, 1.807) is 6.20 Å². The van der Waals surface area contributed by atoms with Gasteiger partial charge in [-0.05, 0) is 19.0 Å². The molecular weight excluding hydrogens is 168 g/mol. The number of carbonyl (C=O) groups excluding carboxylic acids is 1. The molecule has 2 heterocycles. The van der Waals surface area contributed by atoms with Crippen LogP contribution in [-0.4, -0.2) is 28.7 Å². The molecule has 1 saturated heterocycles. The SMILES string of the molecule is O=C(NCc1ccn[nH]1)[C@H]1CCN1. The van der Waals surface area contributed by atoms with E-state index in [0.29, 0.717) is 6.54 Å². The second kappa shape index (κ2) is 3.57. The van der Waals surface area contributed by atoms with Gasteiger partial charge in [0.15, 0.2) is 0 Å². The van der Waals surface area contributed by atoms with E-state index in [2.05, 4.69) is 20.8 Å². The first kappa shape index (κ1) is 8.25. The molecule has 13 heavy (non-hydrogen) atoms. The number of aromatic nitrogens is 2. The van der Waals surface area contributed by atoms with E-state index in [1.165, 1.54) is 0 Å². The van der Waals surface area contributed by atoms with Crippen LogP contribution >= 0.6 is 0 Å². The van der Waals surface area contributed by atoms with E-state index in [-0.39, 0.29) is 11.9 Å². The molecule has 1 atom stereocenters. The van der Waals surface area contributed by atoms with E-state index in [4.69, 9.17) is 0 Å². The normalized spacial score (nSPS) is 20.8. The van der Waals surface area contributed by atoms with Gasteiger partial charge in [0.05, 0.1) is 18.3 Å². The third kappa shape index (κ3) is 1.86. The number of hydrogen-bond donors (Lipinski definition) is 3. The van der Waals surface area contributed by atoms with Crippen LogP contribution in [-0.2, 0) is 11.3 Å². The topological polar surface area (TPSA) is 69.8 Å². The highest BCUT2D eigenvalue weighted by atomic mass is 16.2. The Hall–Kier alpha value is -1.36. The molecule has 1 fully saturated rings. The molecule has 3 N–H and O–H groups in total. The number of nitrogens with zero attached hydrogens (tertiary/aromatic N) is 1. The zero-order chi connectivity index (χ0) is 9.10. The predicted octanol–water partition coefficient (Wildman–Crippen LogP) is -0.612. The van der Waals surface area contributed by atoms with Crippen LogP contribution in [0.25, 0.3) is 0 Å². The van der Waals surface area contributed by atoms with Gasteiger partial charge in [0.2, 0.25) is 5.91 Å². The van der Waals surface area contributed by atoms with Gasteiger partial charge >= 0.3 is 0 Å². The molecule has 5 heteroatoms. The predicted molar refractivity (Wildman–Crippen MR) is 46.8 cm³/mol. The number of carbonyl (C=O) groups is 1. The Bertz CT molecular complexity index is 278. The van der Waals surface area contributed by atoms with Gasteiger partial charge in [-0.1, -0.05) is 0 Å². The van der Waals surface area contributed by atoms with E-state index in [9.17, 15) is 4.79 Å². The number of H-pyrrole nitrogens is 1. The van der Waals surface area contributed by atoms with Crippen molar-refractivity contribution in [3.63, 3.8) is 0 Å². The van der Waals surface area contributed by atoms with Crippen molar-refractivity contribution in [1.29, 1.82) is 0 Å². The van der Waals surface area contributed by atoms with Gasteiger partial charge in [0, 0.05) is 6.20 Å². The summed E-state index contributed by atoms with van der Waals surface area (Å²) < 4.78 is 0. The Kier molecular flexibility index (Phi) is 2.27. The van der Waals surface area contributed by atoms with Crippen molar-refractivity contribution in [3.05, 3.63) is 18.0 Å². The second-order valence-corrected chi connectivity index (χ2v) is 3.10. The second-order valence-electron chi connectivity index (χ2n) is 3.10. The van der Waals surface area contributed by atoms with Crippen molar-refractivity contribution < 1.29 is 4.79 Å². The van der Waals surface area contributed by atoms with Crippen molar-refractivity contribution in [2.24, 2.45) is 0 Å². The van der Waals surface area contributed by atoms with E-state index >= 15 is 0 Å². The van der Waals surface area contributed by atoms with Gasteiger partial charge in [0.25, 0.3) is 0 Å². The molecule has 0 bridgehead atoms. The lowest BCUT2D eigenvalue weighted by molar-refractivity contribution is -0.124. The molecule has 1 aliphatic rings. The van der Waals surface area contributed by atoms with Crippen LogP contribution < -0.4 is 10.6 Å². The number of nitrogens with one attached hydrogen (secondary N) is 3. The Balaban J connectivity index is 1.76. The summed E-state index contributed by atoms with van der Waals surface area (Å²) in [4.78, 5) is 11.3. The maximum absolute atomic E-state index is 11.3. The summed E-state index contributed by atoms with van der Waals surface area (Å²) in [5.74, 6) is 0.0702. The van der Waals surface area contributed by atoms with Crippen LogP contribution in [0.5, 0.6) is 0 Å². The highest BCUT2D eigenvalue weighted by Gasteiger charge is 2.23. The molecule has 70 valence electrons. The Morgan fingerprint density at radius 3 is 3.15 bits per heavy atom. The third-order valence-electron chi connectivity index (χ3n) is 2.15. The molecule has 1 aliphatic heterocycles. The molecular formula is C8H12N4O. The quantitative estimate of drug-likeness (QED) is 0.581. The van der Waals surface area contributed by atoms with Crippen molar-refractivity contribution in [1.82, 2.24) is 20.8 Å². The molecule has 0 spiro atoms. The monoisotopic (exact) mass is 180 g/mol. The molecule has 1 amide bonds. The van der Waals surface area contributed by atoms with E-state index in [0.717, 1.165) is 18.7 Å². The highest BCUT2D eigenvalue weighted by molar-refractivity contribution is 5.82. The molecule has 0 radical (unpaired) electrons. The first-order valence-electron chi connectivity index (χ1n) is 4.35. The molecule has 0 saturated carbocycles. The Labute approximate surface area is 75.9 Å². The zero-order valence-electron chi connectivity index (χ0n) is 7.21. The number of amides is 1. The first-order chi connectivity index (χ1) is 6.36. The maximum atomic E-state index is 11.3. The lowest BCUT2D eigenvalue weighted by Gasteiger charge is -2.26. The smallest absolute Gasteiger partial charge is 0.237 e.